The molecule has 2 heterocycles. The largest absolute Gasteiger partial charge is 0.350 e. The number of benzene rings is 1. The molecule has 7 heteroatoms. The van der Waals surface area contributed by atoms with Gasteiger partial charge in [-0.1, -0.05) is 37.0 Å². The average Bonchev–Trinajstić information content (AvgIpc) is 3.21. The minimum Gasteiger partial charge on any atom is -0.350 e. The second-order valence-electron chi connectivity index (χ2n) is 6.53. The Morgan fingerprint density at radius 1 is 1.19 bits per heavy atom. The molecular weight excluding hydrogens is 371 g/mol. The molecule has 0 saturated heterocycles. The second kappa shape index (κ2) is 7.56. The highest BCUT2D eigenvalue weighted by molar-refractivity contribution is 6.42. The van der Waals surface area contributed by atoms with Crippen molar-refractivity contribution in [3.05, 3.63) is 58.3 Å². The highest BCUT2D eigenvalue weighted by atomic mass is 35.5. The maximum Gasteiger partial charge on any atom is 0.270 e. The van der Waals surface area contributed by atoms with Crippen molar-refractivity contribution in [1.82, 2.24) is 19.7 Å². The van der Waals surface area contributed by atoms with E-state index in [9.17, 15) is 4.79 Å². The van der Waals surface area contributed by atoms with Gasteiger partial charge in [0.05, 0.1) is 21.4 Å². The highest BCUT2D eigenvalue weighted by Gasteiger charge is 2.19. The van der Waals surface area contributed by atoms with E-state index < -0.39 is 0 Å². The van der Waals surface area contributed by atoms with E-state index in [0.717, 1.165) is 5.69 Å². The van der Waals surface area contributed by atoms with Crippen molar-refractivity contribution < 1.29 is 4.79 Å². The summed E-state index contributed by atoms with van der Waals surface area (Å²) in [6.07, 6.45) is 1.94. The fraction of sp³-hybridized carbons (Fsp3) is 0.263. The topological polar surface area (TPSA) is 51.9 Å². The summed E-state index contributed by atoms with van der Waals surface area (Å²) in [5.41, 5.74) is 2.75. The van der Waals surface area contributed by atoms with E-state index in [-0.39, 0.29) is 5.91 Å². The molecule has 0 radical (unpaired) electrons. The van der Waals surface area contributed by atoms with E-state index in [2.05, 4.69) is 10.4 Å². The third-order valence-electron chi connectivity index (χ3n) is 3.97. The minimum atomic E-state index is -0.183. The van der Waals surface area contributed by atoms with Crippen molar-refractivity contribution in [1.29, 1.82) is 0 Å². The van der Waals surface area contributed by atoms with Crippen LogP contribution in [0.15, 0.2) is 42.6 Å². The van der Waals surface area contributed by atoms with Gasteiger partial charge in [0.15, 0.2) is 0 Å². The van der Waals surface area contributed by atoms with Gasteiger partial charge in [-0.3, -0.25) is 4.79 Å². The number of carbonyl (C=O) groups is 1. The van der Waals surface area contributed by atoms with Crippen LogP contribution in [0.3, 0.4) is 0 Å². The quantitative estimate of drug-likeness (QED) is 0.693. The number of aryl methyl sites for hydroxylation is 1. The van der Waals surface area contributed by atoms with Crippen LogP contribution < -0.4 is 5.32 Å². The van der Waals surface area contributed by atoms with Gasteiger partial charge in [-0.25, -0.2) is 4.68 Å². The Morgan fingerprint density at radius 3 is 2.58 bits per heavy atom. The van der Waals surface area contributed by atoms with Gasteiger partial charge in [0.2, 0.25) is 0 Å². The fourth-order valence-electron chi connectivity index (χ4n) is 2.60. The molecule has 3 aromatic rings. The summed E-state index contributed by atoms with van der Waals surface area (Å²) in [5, 5.41) is 8.44. The van der Waals surface area contributed by atoms with Gasteiger partial charge in [0.25, 0.3) is 5.91 Å². The molecule has 0 fully saturated rings. The predicted octanol–water partition coefficient (Wildman–Crippen LogP) is 4.57. The van der Waals surface area contributed by atoms with Crippen LogP contribution in [-0.2, 0) is 7.05 Å². The van der Waals surface area contributed by atoms with E-state index in [1.807, 2.05) is 43.8 Å². The van der Waals surface area contributed by atoms with Crippen LogP contribution in [0.1, 0.15) is 24.3 Å². The zero-order valence-electron chi connectivity index (χ0n) is 14.8. The number of amides is 1. The van der Waals surface area contributed by atoms with Crippen LogP contribution >= 0.6 is 23.2 Å². The number of halogens is 2. The first-order valence-electron chi connectivity index (χ1n) is 8.32. The number of rotatable bonds is 5. The lowest BCUT2D eigenvalue weighted by Crippen LogP contribution is -2.29. The maximum atomic E-state index is 12.7. The van der Waals surface area contributed by atoms with E-state index in [1.165, 1.54) is 0 Å². The molecule has 0 aliphatic carbocycles. The van der Waals surface area contributed by atoms with Crippen LogP contribution in [0, 0.1) is 5.92 Å². The molecule has 5 nitrogen and oxygen atoms in total. The Bertz CT molecular complexity index is 943. The first-order valence-corrected chi connectivity index (χ1v) is 9.08. The molecule has 0 bridgehead atoms. The fourth-order valence-corrected chi connectivity index (χ4v) is 2.89. The Hall–Kier alpha value is -2.24. The van der Waals surface area contributed by atoms with E-state index in [1.54, 1.807) is 28.9 Å². The molecule has 136 valence electrons. The van der Waals surface area contributed by atoms with Gasteiger partial charge in [-0.15, -0.1) is 0 Å². The van der Waals surface area contributed by atoms with E-state index in [4.69, 9.17) is 23.2 Å². The standard InChI is InChI=1S/C19H20Cl2N4O/c1-12(2)11-22-19(26)18-10-16(17-5-4-8-24(17)3)23-25(18)13-6-7-14(20)15(21)9-13/h4-10,12H,11H2,1-3H3,(H,22,26). The molecule has 0 unspecified atom stereocenters. The Balaban J connectivity index is 2.08. The summed E-state index contributed by atoms with van der Waals surface area (Å²) in [7, 11) is 1.94. The first kappa shape index (κ1) is 18.5. The lowest BCUT2D eigenvalue weighted by molar-refractivity contribution is 0.0941. The van der Waals surface area contributed by atoms with Crippen LogP contribution in [0.4, 0.5) is 0 Å². The molecule has 26 heavy (non-hydrogen) atoms. The molecule has 1 aromatic carbocycles. The third-order valence-corrected chi connectivity index (χ3v) is 4.71. The summed E-state index contributed by atoms with van der Waals surface area (Å²) < 4.78 is 3.55. The molecule has 0 atom stereocenters. The van der Waals surface area contributed by atoms with Gasteiger partial charge >= 0.3 is 0 Å². The lowest BCUT2D eigenvalue weighted by atomic mass is 10.2. The zero-order valence-corrected chi connectivity index (χ0v) is 16.3. The molecule has 0 aliphatic heterocycles. The minimum absolute atomic E-state index is 0.183. The average molecular weight is 391 g/mol. The predicted molar refractivity (Wildman–Crippen MR) is 105 cm³/mol. The first-order chi connectivity index (χ1) is 12.4. The van der Waals surface area contributed by atoms with Crippen molar-refractivity contribution >= 4 is 29.1 Å². The summed E-state index contributed by atoms with van der Waals surface area (Å²) in [6.45, 7) is 4.68. The van der Waals surface area contributed by atoms with Gasteiger partial charge in [-0.2, -0.15) is 5.10 Å². The highest BCUT2D eigenvalue weighted by Crippen LogP contribution is 2.27. The maximum absolute atomic E-state index is 12.7. The molecule has 0 aliphatic rings. The van der Waals surface area contributed by atoms with Gasteiger partial charge in [-0.05, 0) is 42.3 Å². The summed E-state index contributed by atoms with van der Waals surface area (Å²) in [4.78, 5) is 12.7. The monoisotopic (exact) mass is 390 g/mol. The van der Waals surface area contributed by atoms with Crippen molar-refractivity contribution in [2.75, 3.05) is 6.54 Å². The van der Waals surface area contributed by atoms with Crippen LogP contribution in [-0.4, -0.2) is 26.8 Å². The number of hydrogen-bond donors (Lipinski definition) is 1. The molecule has 0 saturated carbocycles. The van der Waals surface area contributed by atoms with Crippen LogP contribution in [0.25, 0.3) is 17.1 Å². The summed E-state index contributed by atoms with van der Waals surface area (Å²) >= 11 is 12.2. The number of hydrogen-bond acceptors (Lipinski definition) is 2. The lowest BCUT2D eigenvalue weighted by Gasteiger charge is -2.10. The van der Waals surface area contributed by atoms with Gasteiger partial charge in [0.1, 0.15) is 11.4 Å². The Morgan fingerprint density at radius 2 is 1.96 bits per heavy atom. The second-order valence-corrected chi connectivity index (χ2v) is 7.35. The molecule has 0 spiro atoms. The number of aromatic nitrogens is 3. The van der Waals surface area contributed by atoms with Crippen LogP contribution in [0.5, 0.6) is 0 Å². The SMILES string of the molecule is CC(C)CNC(=O)c1cc(-c2cccn2C)nn1-c1ccc(Cl)c(Cl)c1. The van der Waals surface area contributed by atoms with Crippen molar-refractivity contribution in [2.45, 2.75) is 13.8 Å². The summed E-state index contributed by atoms with van der Waals surface area (Å²) in [5.74, 6) is 0.172. The van der Waals surface area contributed by atoms with Gasteiger partial charge in [0, 0.05) is 19.8 Å². The zero-order chi connectivity index (χ0) is 18.8. The molecule has 1 amide bonds. The molecule has 2 aromatic heterocycles. The number of nitrogens with one attached hydrogen (secondary N) is 1. The summed E-state index contributed by atoms with van der Waals surface area (Å²) in [6, 6.07) is 10.9. The van der Waals surface area contributed by atoms with Crippen molar-refractivity contribution in [3.63, 3.8) is 0 Å². The Kier molecular flexibility index (Phi) is 5.39. The van der Waals surface area contributed by atoms with Crippen molar-refractivity contribution in [2.24, 2.45) is 13.0 Å². The van der Waals surface area contributed by atoms with E-state index in [0.29, 0.717) is 39.6 Å². The molecular formula is C19H20Cl2N4O. The van der Waals surface area contributed by atoms with Crippen molar-refractivity contribution in [3.8, 4) is 17.1 Å². The van der Waals surface area contributed by atoms with Crippen LogP contribution in [0.2, 0.25) is 10.0 Å². The molecule has 1 N–H and O–H groups in total. The van der Waals surface area contributed by atoms with Gasteiger partial charge < -0.3 is 9.88 Å². The normalized spacial score (nSPS) is 11.2. The smallest absolute Gasteiger partial charge is 0.270 e. The number of nitrogens with zero attached hydrogens (tertiary/aromatic N) is 3. The Labute approximate surface area is 162 Å². The number of carbonyl (C=O) groups excluding carboxylic acids is 1. The third kappa shape index (κ3) is 3.79. The van der Waals surface area contributed by atoms with E-state index >= 15 is 0 Å². The molecule has 3 rings (SSSR count).